The third kappa shape index (κ3) is 4.00. The molecule has 0 aliphatic carbocycles. The van der Waals surface area contributed by atoms with E-state index in [1.54, 1.807) is 0 Å². The molecule has 1 aromatic heterocycles. The van der Waals surface area contributed by atoms with Gasteiger partial charge >= 0.3 is 6.18 Å². The maximum atomic E-state index is 11.8. The zero-order chi connectivity index (χ0) is 10.6. The van der Waals surface area contributed by atoms with E-state index in [1.165, 1.54) is 6.20 Å². The normalized spacial score (nSPS) is 12.0. The Morgan fingerprint density at radius 2 is 2.07 bits per heavy atom. The van der Waals surface area contributed by atoms with Gasteiger partial charge in [-0.15, -0.1) is 11.6 Å². The fourth-order valence-corrected chi connectivity index (χ4v) is 1.09. The summed E-state index contributed by atoms with van der Waals surface area (Å²) in [6, 6.07) is 0. The summed E-state index contributed by atoms with van der Waals surface area (Å²) in [6.45, 7) is 0. The van der Waals surface area contributed by atoms with Gasteiger partial charge in [-0.05, 0) is 0 Å². The summed E-state index contributed by atoms with van der Waals surface area (Å²) in [5.74, 6) is 0.985. The van der Waals surface area contributed by atoms with Gasteiger partial charge in [0.2, 0.25) is 0 Å². The zero-order valence-electron chi connectivity index (χ0n) is 7.27. The molecule has 0 aliphatic heterocycles. The lowest BCUT2D eigenvalue weighted by molar-refractivity contribution is -0.134. The number of aryl methyl sites for hydroxylation is 2. The lowest BCUT2D eigenvalue weighted by Gasteiger charge is -2.02. The lowest BCUT2D eigenvalue weighted by atomic mass is 10.2. The average molecular weight is 228 g/mol. The van der Waals surface area contributed by atoms with Crippen LogP contribution < -0.4 is 0 Å². The molecule has 80 valence electrons. The van der Waals surface area contributed by atoms with E-state index in [1.807, 2.05) is 0 Å². The topological polar surface area (TPSA) is 26.0 Å². The van der Waals surface area contributed by atoms with Crippen LogP contribution in [-0.4, -0.2) is 17.0 Å². The van der Waals surface area contributed by atoms with Crippen LogP contribution >= 0.6 is 11.6 Å². The Bertz CT molecular complexity index is 284. The summed E-state index contributed by atoms with van der Waals surface area (Å²) in [4.78, 5) is 3.79. The minimum absolute atomic E-state index is 0.168. The zero-order valence-corrected chi connectivity index (χ0v) is 8.03. The van der Waals surface area contributed by atoms with E-state index in [0.29, 0.717) is 18.2 Å². The minimum atomic E-state index is -4.15. The van der Waals surface area contributed by atoms with Crippen molar-refractivity contribution in [3.05, 3.63) is 17.8 Å². The number of alkyl halides is 4. The first-order valence-electron chi connectivity index (χ1n) is 4.07. The fourth-order valence-electron chi connectivity index (χ4n) is 0.925. The molecule has 1 rings (SSSR count). The van der Waals surface area contributed by atoms with Gasteiger partial charge < -0.3 is 4.42 Å². The summed E-state index contributed by atoms with van der Waals surface area (Å²) in [5, 5.41) is 0. The van der Waals surface area contributed by atoms with Crippen molar-refractivity contribution in [3.63, 3.8) is 0 Å². The molecule has 0 aromatic carbocycles. The summed E-state index contributed by atoms with van der Waals surface area (Å²) >= 11 is 5.41. The molecule has 0 amide bonds. The molecule has 0 saturated carbocycles. The molecular weight excluding hydrogens is 219 g/mol. The first kappa shape index (κ1) is 11.4. The van der Waals surface area contributed by atoms with Crippen molar-refractivity contribution in [1.82, 2.24) is 4.98 Å². The molecule has 0 saturated heterocycles. The first-order chi connectivity index (χ1) is 6.51. The molecule has 0 atom stereocenters. The number of halogens is 4. The number of rotatable bonds is 4. The number of nitrogens with zero attached hydrogens (tertiary/aromatic N) is 1. The van der Waals surface area contributed by atoms with Gasteiger partial charge in [0.15, 0.2) is 5.89 Å². The van der Waals surface area contributed by atoms with Gasteiger partial charge in [0, 0.05) is 18.7 Å². The van der Waals surface area contributed by atoms with Gasteiger partial charge in [-0.1, -0.05) is 0 Å². The monoisotopic (exact) mass is 227 g/mol. The van der Waals surface area contributed by atoms with Crippen LogP contribution in [-0.2, 0) is 12.8 Å². The average Bonchev–Trinajstić information content (AvgIpc) is 2.49. The highest BCUT2D eigenvalue weighted by molar-refractivity contribution is 6.17. The van der Waals surface area contributed by atoms with E-state index in [0.717, 1.165) is 0 Å². The van der Waals surface area contributed by atoms with E-state index in [4.69, 9.17) is 16.0 Å². The number of hydrogen-bond donors (Lipinski definition) is 0. The maximum absolute atomic E-state index is 11.8. The molecule has 6 heteroatoms. The number of oxazole rings is 1. The minimum Gasteiger partial charge on any atom is -0.446 e. The van der Waals surface area contributed by atoms with Gasteiger partial charge in [0.1, 0.15) is 5.76 Å². The second-order valence-corrected chi connectivity index (χ2v) is 3.15. The van der Waals surface area contributed by atoms with E-state index >= 15 is 0 Å². The van der Waals surface area contributed by atoms with E-state index in [-0.39, 0.29) is 12.2 Å². The smallest absolute Gasteiger partial charge is 0.389 e. The number of aromatic nitrogens is 1. The second-order valence-electron chi connectivity index (χ2n) is 2.77. The van der Waals surface area contributed by atoms with Crippen LogP contribution in [0.25, 0.3) is 0 Å². The SMILES string of the molecule is FC(F)(F)CCc1cnc(CCCl)o1. The fraction of sp³-hybridized carbons (Fsp3) is 0.625. The van der Waals surface area contributed by atoms with Crippen molar-refractivity contribution >= 4 is 11.6 Å². The molecule has 1 heterocycles. The molecule has 2 nitrogen and oxygen atoms in total. The number of hydrogen-bond acceptors (Lipinski definition) is 2. The molecule has 0 spiro atoms. The van der Waals surface area contributed by atoms with Crippen molar-refractivity contribution in [1.29, 1.82) is 0 Å². The lowest BCUT2D eigenvalue weighted by Crippen LogP contribution is -2.08. The molecular formula is C8H9ClF3NO. The highest BCUT2D eigenvalue weighted by Gasteiger charge is 2.27. The Balaban J connectivity index is 2.44. The molecule has 0 bridgehead atoms. The van der Waals surface area contributed by atoms with E-state index in [2.05, 4.69) is 4.98 Å². The molecule has 14 heavy (non-hydrogen) atoms. The Morgan fingerprint density at radius 3 is 2.64 bits per heavy atom. The maximum Gasteiger partial charge on any atom is 0.389 e. The van der Waals surface area contributed by atoms with Crippen LogP contribution in [0.15, 0.2) is 10.6 Å². The predicted octanol–water partition coefficient (Wildman–Crippen LogP) is 2.95. The summed E-state index contributed by atoms with van der Waals surface area (Å²) in [5.41, 5.74) is 0. The molecule has 1 aromatic rings. The molecule has 0 unspecified atom stereocenters. The van der Waals surface area contributed by atoms with Crippen molar-refractivity contribution in [3.8, 4) is 0 Å². The van der Waals surface area contributed by atoms with Crippen LogP contribution in [0.5, 0.6) is 0 Å². The highest BCUT2D eigenvalue weighted by atomic mass is 35.5. The Hall–Kier alpha value is -0.710. The van der Waals surface area contributed by atoms with Crippen molar-refractivity contribution in [2.24, 2.45) is 0 Å². The van der Waals surface area contributed by atoms with Crippen molar-refractivity contribution < 1.29 is 17.6 Å². The predicted molar refractivity (Wildman–Crippen MR) is 45.3 cm³/mol. The van der Waals surface area contributed by atoms with Gasteiger partial charge in [-0.25, -0.2) is 4.98 Å². The van der Waals surface area contributed by atoms with Crippen LogP contribution in [0.3, 0.4) is 0 Å². The van der Waals surface area contributed by atoms with Crippen molar-refractivity contribution in [2.75, 3.05) is 5.88 Å². The van der Waals surface area contributed by atoms with Crippen molar-refractivity contribution in [2.45, 2.75) is 25.4 Å². The molecule has 0 N–H and O–H groups in total. The van der Waals surface area contributed by atoms with Gasteiger partial charge in [-0.3, -0.25) is 0 Å². The van der Waals surface area contributed by atoms with Crippen LogP contribution in [0, 0.1) is 0 Å². The van der Waals surface area contributed by atoms with E-state index in [9.17, 15) is 13.2 Å². The van der Waals surface area contributed by atoms with E-state index < -0.39 is 12.6 Å². The van der Waals surface area contributed by atoms with Gasteiger partial charge in [0.25, 0.3) is 0 Å². The summed E-state index contributed by atoms with van der Waals surface area (Å²) in [6.07, 6.45) is -3.46. The molecule has 0 radical (unpaired) electrons. The highest BCUT2D eigenvalue weighted by Crippen LogP contribution is 2.22. The standard InChI is InChI=1S/C8H9ClF3NO/c9-4-2-7-13-5-6(14-7)1-3-8(10,11)12/h5H,1-4H2. The third-order valence-corrected chi connectivity index (χ3v) is 1.75. The Kier molecular flexibility index (Phi) is 3.80. The largest absolute Gasteiger partial charge is 0.446 e. The first-order valence-corrected chi connectivity index (χ1v) is 4.61. The third-order valence-electron chi connectivity index (χ3n) is 1.56. The van der Waals surface area contributed by atoms with Crippen LogP contribution in [0.2, 0.25) is 0 Å². The summed E-state index contributed by atoms with van der Waals surface area (Å²) in [7, 11) is 0. The van der Waals surface area contributed by atoms with Crippen LogP contribution in [0.1, 0.15) is 18.1 Å². The van der Waals surface area contributed by atoms with Gasteiger partial charge in [0.05, 0.1) is 12.6 Å². The Labute approximate surface area is 84.1 Å². The quantitative estimate of drug-likeness (QED) is 0.739. The Morgan fingerprint density at radius 1 is 1.36 bits per heavy atom. The van der Waals surface area contributed by atoms with Gasteiger partial charge in [-0.2, -0.15) is 13.2 Å². The molecule has 0 aliphatic rings. The van der Waals surface area contributed by atoms with Crippen LogP contribution in [0.4, 0.5) is 13.2 Å². The molecule has 0 fully saturated rings. The summed E-state index contributed by atoms with van der Waals surface area (Å²) < 4.78 is 40.5. The second kappa shape index (κ2) is 4.68.